The maximum Gasteiger partial charge on any atom is 0.302 e. The maximum absolute atomic E-state index is 11.3. The van der Waals surface area contributed by atoms with Crippen molar-refractivity contribution in [2.24, 2.45) is 0 Å². The van der Waals surface area contributed by atoms with E-state index in [4.69, 9.17) is 9.47 Å². The Kier molecular flexibility index (Phi) is 4.22. The SMILES string of the molecule is CC(=O)OC1COC(c2ccc(C)cc2)(c2ccc(C)cc2)C1. The molecule has 1 unspecified atom stereocenters. The van der Waals surface area contributed by atoms with E-state index in [2.05, 4.69) is 62.4 Å². The van der Waals surface area contributed by atoms with Gasteiger partial charge in [-0.25, -0.2) is 0 Å². The van der Waals surface area contributed by atoms with Gasteiger partial charge in [0.25, 0.3) is 0 Å². The highest BCUT2D eigenvalue weighted by atomic mass is 16.6. The third kappa shape index (κ3) is 3.15. The third-order valence-corrected chi connectivity index (χ3v) is 4.40. The van der Waals surface area contributed by atoms with Gasteiger partial charge in [0.2, 0.25) is 0 Å². The van der Waals surface area contributed by atoms with Crippen molar-refractivity contribution in [1.82, 2.24) is 0 Å². The lowest BCUT2D eigenvalue weighted by molar-refractivity contribution is -0.146. The van der Waals surface area contributed by atoms with E-state index in [0.29, 0.717) is 13.0 Å². The van der Waals surface area contributed by atoms with Gasteiger partial charge < -0.3 is 9.47 Å². The Morgan fingerprint density at radius 2 is 1.48 bits per heavy atom. The summed E-state index contributed by atoms with van der Waals surface area (Å²) >= 11 is 0. The summed E-state index contributed by atoms with van der Waals surface area (Å²) in [6.45, 7) is 6.00. The van der Waals surface area contributed by atoms with Crippen molar-refractivity contribution in [2.45, 2.75) is 38.9 Å². The summed E-state index contributed by atoms with van der Waals surface area (Å²) in [5.41, 5.74) is 4.06. The van der Waals surface area contributed by atoms with Crippen LogP contribution < -0.4 is 0 Å². The highest BCUT2D eigenvalue weighted by Gasteiger charge is 2.44. The highest BCUT2D eigenvalue weighted by molar-refractivity contribution is 5.66. The molecule has 0 radical (unpaired) electrons. The Morgan fingerprint density at radius 3 is 1.91 bits per heavy atom. The molecule has 0 aromatic heterocycles. The zero-order chi connectivity index (χ0) is 16.4. The minimum atomic E-state index is -0.554. The van der Waals surface area contributed by atoms with E-state index in [-0.39, 0.29) is 12.1 Å². The summed E-state index contributed by atoms with van der Waals surface area (Å²) in [4.78, 5) is 11.3. The van der Waals surface area contributed by atoms with E-state index >= 15 is 0 Å². The van der Waals surface area contributed by atoms with Crippen molar-refractivity contribution in [2.75, 3.05) is 6.61 Å². The highest BCUT2D eigenvalue weighted by Crippen LogP contribution is 2.43. The van der Waals surface area contributed by atoms with Crippen LogP contribution in [0.1, 0.15) is 35.6 Å². The molecule has 1 atom stereocenters. The predicted molar refractivity (Wildman–Crippen MR) is 89.3 cm³/mol. The van der Waals surface area contributed by atoms with Gasteiger partial charge in [0, 0.05) is 13.3 Å². The third-order valence-electron chi connectivity index (χ3n) is 4.40. The predicted octanol–water partition coefficient (Wildman–Crippen LogP) is 3.90. The summed E-state index contributed by atoms with van der Waals surface area (Å²) in [6, 6.07) is 16.8. The van der Waals surface area contributed by atoms with Crippen molar-refractivity contribution in [1.29, 1.82) is 0 Å². The molecule has 0 amide bonds. The number of carbonyl (C=O) groups excluding carboxylic acids is 1. The zero-order valence-corrected chi connectivity index (χ0v) is 13.8. The van der Waals surface area contributed by atoms with Crippen LogP contribution in [-0.2, 0) is 19.9 Å². The first-order valence-corrected chi connectivity index (χ1v) is 7.95. The molecule has 120 valence electrons. The number of carbonyl (C=O) groups is 1. The lowest BCUT2D eigenvalue weighted by Crippen LogP contribution is -2.27. The van der Waals surface area contributed by atoms with Gasteiger partial charge in [0.1, 0.15) is 11.7 Å². The van der Waals surface area contributed by atoms with Crippen LogP contribution in [0, 0.1) is 13.8 Å². The number of aryl methyl sites for hydroxylation is 2. The molecule has 0 N–H and O–H groups in total. The van der Waals surface area contributed by atoms with Crippen LogP contribution in [0.3, 0.4) is 0 Å². The molecule has 1 heterocycles. The van der Waals surface area contributed by atoms with Gasteiger partial charge in [-0.2, -0.15) is 0 Å². The van der Waals surface area contributed by atoms with Crippen molar-refractivity contribution in [3.8, 4) is 0 Å². The fraction of sp³-hybridized carbons (Fsp3) is 0.350. The first-order chi connectivity index (χ1) is 11.0. The lowest BCUT2D eigenvalue weighted by Gasteiger charge is -2.30. The van der Waals surface area contributed by atoms with E-state index in [1.54, 1.807) is 0 Å². The number of ether oxygens (including phenoxy) is 2. The van der Waals surface area contributed by atoms with Gasteiger partial charge in [0.05, 0.1) is 6.61 Å². The molecule has 0 bridgehead atoms. The Bertz CT molecular complexity index is 640. The minimum Gasteiger partial charge on any atom is -0.460 e. The maximum atomic E-state index is 11.3. The molecule has 1 aliphatic rings. The Hall–Kier alpha value is -2.13. The summed E-state index contributed by atoms with van der Waals surface area (Å²) in [5.74, 6) is -0.262. The summed E-state index contributed by atoms with van der Waals surface area (Å²) < 4.78 is 11.6. The van der Waals surface area contributed by atoms with Gasteiger partial charge in [-0.05, 0) is 25.0 Å². The molecule has 1 aliphatic heterocycles. The second-order valence-corrected chi connectivity index (χ2v) is 6.31. The number of hydrogen-bond donors (Lipinski definition) is 0. The smallest absolute Gasteiger partial charge is 0.302 e. The van der Waals surface area contributed by atoms with Crippen LogP contribution in [0.5, 0.6) is 0 Å². The van der Waals surface area contributed by atoms with Crippen LogP contribution in [0.4, 0.5) is 0 Å². The first kappa shape index (κ1) is 15.8. The monoisotopic (exact) mass is 310 g/mol. The van der Waals surface area contributed by atoms with Crippen LogP contribution in [-0.4, -0.2) is 18.7 Å². The van der Waals surface area contributed by atoms with Crippen LogP contribution >= 0.6 is 0 Å². The summed E-state index contributed by atoms with van der Waals surface area (Å²) in [6.07, 6.45) is 0.425. The average molecular weight is 310 g/mol. The normalized spacial score (nSPS) is 19.5. The van der Waals surface area contributed by atoms with E-state index in [0.717, 1.165) is 11.1 Å². The topological polar surface area (TPSA) is 35.5 Å². The van der Waals surface area contributed by atoms with Crippen molar-refractivity contribution in [3.63, 3.8) is 0 Å². The molecule has 3 nitrogen and oxygen atoms in total. The molecular weight excluding hydrogens is 288 g/mol. The Balaban J connectivity index is 2.02. The van der Waals surface area contributed by atoms with Gasteiger partial charge in [0.15, 0.2) is 0 Å². The number of benzene rings is 2. The second kappa shape index (κ2) is 6.17. The van der Waals surface area contributed by atoms with E-state index < -0.39 is 5.60 Å². The molecule has 3 heteroatoms. The summed E-state index contributed by atoms with van der Waals surface area (Å²) in [7, 11) is 0. The molecular formula is C20H22O3. The van der Waals surface area contributed by atoms with Crippen molar-refractivity contribution < 1.29 is 14.3 Å². The van der Waals surface area contributed by atoms with Crippen LogP contribution in [0.25, 0.3) is 0 Å². The van der Waals surface area contributed by atoms with E-state index in [1.165, 1.54) is 18.1 Å². The van der Waals surface area contributed by atoms with Crippen LogP contribution in [0.15, 0.2) is 48.5 Å². The second-order valence-electron chi connectivity index (χ2n) is 6.31. The van der Waals surface area contributed by atoms with Crippen LogP contribution in [0.2, 0.25) is 0 Å². The van der Waals surface area contributed by atoms with Crippen molar-refractivity contribution >= 4 is 5.97 Å². The Labute approximate surface area is 137 Å². The molecule has 3 rings (SSSR count). The number of esters is 1. The Morgan fingerprint density at radius 1 is 1.00 bits per heavy atom. The number of hydrogen-bond acceptors (Lipinski definition) is 3. The molecule has 2 aromatic carbocycles. The zero-order valence-electron chi connectivity index (χ0n) is 13.8. The summed E-state index contributed by atoms with van der Waals surface area (Å²) in [5, 5.41) is 0. The van der Waals surface area contributed by atoms with E-state index in [9.17, 15) is 4.79 Å². The molecule has 1 fully saturated rings. The molecule has 2 aromatic rings. The standard InChI is InChI=1S/C20H22O3/c1-14-4-8-17(9-5-14)20(18-10-6-15(2)7-11-18)12-19(13-22-20)23-16(3)21/h4-11,19H,12-13H2,1-3H3. The lowest BCUT2D eigenvalue weighted by atomic mass is 9.83. The quantitative estimate of drug-likeness (QED) is 0.807. The molecule has 1 saturated heterocycles. The van der Waals surface area contributed by atoms with E-state index in [1.807, 2.05) is 0 Å². The van der Waals surface area contributed by atoms with Gasteiger partial charge in [-0.15, -0.1) is 0 Å². The minimum absolute atomic E-state index is 0.213. The molecule has 23 heavy (non-hydrogen) atoms. The molecule has 0 spiro atoms. The van der Waals surface area contributed by atoms with Crippen molar-refractivity contribution in [3.05, 3.63) is 70.8 Å². The van der Waals surface area contributed by atoms with Gasteiger partial charge >= 0.3 is 5.97 Å². The first-order valence-electron chi connectivity index (χ1n) is 7.95. The fourth-order valence-electron chi connectivity index (χ4n) is 3.20. The average Bonchev–Trinajstić information content (AvgIpc) is 2.93. The molecule has 0 saturated carbocycles. The molecule has 0 aliphatic carbocycles. The van der Waals surface area contributed by atoms with Gasteiger partial charge in [-0.1, -0.05) is 59.7 Å². The number of rotatable bonds is 3. The van der Waals surface area contributed by atoms with Gasteiger partial charge in [-0.3, -0.25) is 4.79 Å². The fourth-order valence-corrected chi connectivity index (χ4v) is 3.20. The largest absolute Gasteiger partial charge is 0.460 e.